The Labute approximate surface area is 217 Å². The van der Waals surface area contributed by atoms with Gasteiger partial charge in [0, 0.05) is 29.8 Å². The van der Waals surface area contributed by atoms with Crippen LogP contribution in [-0.2, 0) is 10.2 Å². The third-order valence-electron chi connectivity index (χ3n) is 5.55. The molecular weight excluding hydrogens is 478 g/mol. The molecule has 0 unspecified atom stereocenters. The summed E-state index contributed by atoms with van der Waals surface area (Å²) in [6.45, 7) is 8.51. The van der Waals surface area contributed by atoms with Gasteiger partial charge in [-0.25, -0.2) is 9.48 Å². The molecule has 2 N–H and O–H groups in total. The molecule has 3 rings (SSSR count). The molecule has 0 aliphatic rings. The van der Waals surface area contributed by atoms with Crippen molar-refractivity contribution < 1.29 is 14.3 Å². The summed E-state index contributed by atoms with van der Waals surface area (Å²) in [4.78, 5) is 27.7. The smallest absolute Gasteiger partial charge is 0.322 e. The molecule has 8 nitrogen and oxygen atoms in total. The number of anilines is 2. The van der Waals surface area contributed by atoms with Crippen molar-refractivity contribution >= 4 is 35.0 Å². The Morgan fingerprint density at radius 3 is 2.50 bits per heavy atom. The SMILES string of the molecule is CCCCN(CC(=O)Nc1cc(C(C)(C)C)nn1-c1ccccc1Cl)C(=O)Nc1cccc(OC)c1. The first-order chi connectivity index (χ1) is 17.1. The molecule has 0 bridgehead atoms. The van der Waals surface area contributed by atoms with Gasteiger partial charge in [0.1, 0.15) is 18.1 Å². The number of nitrogens with one attached hydrogen (secondary N) is 2. The summed E-state index contributed by atoms with van der Waals surface area (Å²) >= 11 is 6.43. The number of hydrogen-bond acceptors (Lipinski definition) is 4. The zero-order chi connectivity index (χ0) is 26.3. The molecule has 1 aromatic heterocycles. The van der Waals surface area contributed by atoms with Gasteiger partial charge < -0.3 is 20.3 Å². The lowest BCUT2D eigenvalue weighted by Crippen LogP contribution is -2.41. The number of hydrogen-bond donors (Lipinski definition) is 2. The number of carbonyl (C=O) groups excluding carboxylic acids is 2. The summed E-state index contributed by atoms with van der Waals surface area (Å²) in [6, 6.07) is 15.9. The number of methoxy groups -OCH3 is 1. The van der Waals surface area contributed by atoms with Gasteiger partial charge in [-0.3, -0.25) is 4.79 Å². The van der Waals surface area contributed by atoms with Crippen molar-refractivity contribution in [1.29, 1.82) is 0 Å². The predicted octanol–water partition coefficient (Wildman–Crippen LogP) is 6.10. The Hall–Kier alpha value is -3.52. The van der Waals surface area contributed by atoms with Crippen LogP contribution in [0.3, 0.4) is 0 Å². The lowest BCUT2D eigenvalue weighted by atomic mass is 9.92. The minimum absolute atomic E-state index is 0.117. The fourth-order valence-electron chi connectivity index (χ4n) is 3.50. The fourth-order valence-corrected chi connectivity index (χ4v) is 3.72. The van der Waals surface area contributed by atoms with Crippen LogP contribution in [0.2, 0.25) is 5.02 Å². The fraction of sp³-hybridized carbons (Fsp3) is 0.370. The van der Waals surface area contributed by atoms with Crippen LogP contribution in [0, 0.1) is 0 Å². The Morgan fingerprint density at radius 2 is 1.83 bits per heavy atom. The summed E-state index contributed by atoms with van der Waals surface area (Å²) in [5, 5.41) is 11.0. The largest absolute Gasteiger partial charge is 0.497 e. The summed E-state index contributed by atoms with van der Waals surface area (Å²) in [5.41, 5.74) is 1.81. The van der Waals surface area contributed by atoms with Crippen molar-refractivity contribution in [2.75, 3.05) is 30.8 Å². The molecule has 3 aromatic rings. The molecule has 0 fully saturated rings. The molecule has 0 spiro atoms. The number of para-hydroxylation sites is 1. The standard InChI is InChI=1S/C27H34ClN5O3/c1-6-7-15-32(26(35)29-19-11-10-12-20(16-19)36-5)18-25(34)30-24-17-23(27(2,3)4)31-33(24)22-14-9-8-13-21(22)28/h8-14,16-17H,6-7,15,18H2,1-5H3,(H,29,35)(H,30,34). The molecule has 0 saturated heterocycles. The lowest BCUT2D eigenvalue weighted by molar-refractivity contribution is -0.116. The van der Waals surface area contributed by atoms with E-state index in [-0.39, 0.29) is 23.9 Å². The van der Waals surface area contributed by atoms with Crippen molar-refractivity contribution in [3.63, 3.8) is 0 Å². The average Bonchev–Trinajstić information content (AvgIpc) is 3.26. The van der Waals surface area contributed by atoms with Gasteiger partial charge in [-0.1, -0.05) is 63.9 Å². The maximum atomic E-state index is 13.1. The quantitative estimate of drug-likeness (QED) is 0.363. The highest BCUT2D eigenvalue weighted by atomic mass is 35.5. The molecule has 2 aromatic carbocycles. The summed E-state index contributed by atoms with van der Waals surface area (Å²) in [7, 11) is 1.57. The molecule has 1 heterocycles. The summed E-state index contributed by atoms with van der Waals surface area (Å²) < 4.78 is 6.86. The Morgan fingerprint density at radius 1 is 1.08 bits per heavy atom. The van der Waals surface area contributed by atoms with Gasteiger partial charge in [-0.15, -0.1) is 0 Å². The molecule has 0 saturated carbocycles. The van der Waals surface area contributed by atoms with Crippen molar-refractivity contribution in [1.82, 2.24) is 14.7 Å². The number of benzene rings is 2. The number of carbonyl (C=O) groups is 2. The minimum atomic E-state index is -0.359. The third kappa shape index (κ3) is 7.01. The summed E-state index contributed by atoms with van der Waals surface area (Å²) in [5.74, 6) is 0.787. The highest BCUT2D eigenvalue weighted by molar-refractivity contribution is 6.32. The van der Waals surface area contributed by atoms with Gasteiger partial charge in [-0.2, -0.15) is 5.10 Å². The van der Waals surface area contributed by atoms with E-state index in [1.54, 1.807) is 42.1 Å². The van der Waals surface area contributed by atoms with Crippen LogP contribution in [0.5, 0.6) is 5.75 Å². The molecule has 0 aliphatic heterocycles. The number of halogens is 1. The van der Waals surface area contributed by atoms with Crippen LogP contribution in [0.25, 0.3) is 5.69 Å². The second kappa shape index (κ2) is 11.9. The Bertz CT molecular complexity index is 1200. The van der Waals surface area contributed by atoms with Gasteiger partial charge in [0.15, 0.2) is 0 Å². The van der Waals surface area contributed by atoms with Gasteiger partial charge >= 0.3 is 6.03 Å². The molecule has 9 heteroatoms. The number of urea groups is 1. The minimum Gasteiger partial charge on any atom is -0.497 e. The average molecular weight is 512 g/mol. The Kier molecular flexibility index (Phi) is 8.98. The third-order valence-corrected chi connectivity index (χ3v) is 5.87. The monoisotopic (exact) mass is 511 g/mol. The van der Waals surface area contributed by atoms with E-state index in [4.69, 9.17) is 21.4 Å². The first kappa shape index (κ1) is 27.1. The van der Waals surface area contributed by atoms with Crippen LogP contribution in [0.4, 0.5) is 16.3 Å². The topological polar surface area (TPSA) is 88.5 Å². The highest BCUT2D eigenvalue weighted by Crippen LogP contribution is 2.29. The molecule has 36 heavy (non-hydrogen) atoms. The van der Waals surface area contributed by atoms with Crippen molar-refractivity contribution in [3.05, 3.63) is 65.3 Å². The van der Waals surface area contributed by atoms with Crippen molar-refractivity contribution in [2.24, 2.45) is 0 Å². The summed E-state index contributed by atoms with van der Waals surface area (Å²) in [6.07, 6.45) is 1.66. The molecular formula is C27H34ClN5O3. The van der Waals surface area contributed by atoms with Gasteiger partial charge in [0.2, 0.25) is 5.91 Å². The van der Waals surface area contributed by atoms with E-state index in [0.29, 0.717) is 34.5 Å². The maximum Gasteiger partial charge on any atom is 0.322 e. The van der Waals surface area contributed by atoms with Crippen molar-refractivity contribution in [2.45, 2.75) is 46.0 Å². The molecule has 192 valence electrons. The number of amides is 3. The van der Waals surface area contributed by atoms with Crippen LogP contribution < -0.4 is 15.4 Å². The van der Waals surface area contributed by atoms with Crippen LogP contribution >= 0.6 is 11.6 Å². The number of unbranched alkanes of at least 4 members (excludes halogenated alkanes) is 1. The number of rotatable bonds is 9. The van der Waals surface area contributed by atoms with E-state index in [0.717, 1.165) is 18.5 Å². The molecule has 3 amide bonds. The zero-order valence-electron chi connectivity index (χ0n) is 21.5. The van der Waals surface area contributed by atoms with Gasteiger partial charge in [0.25, 0.3) is 0 Å². The highest BCUT2D eigenvalue weighted by Gasteiger charge is 2.24. The van der Waals surface area contributed by atoms with E-state index < -0.39 is 0 Å². The normalized spacial score (nSPS) is 11.2. The molecule has 0 aliphatic carbocycles. The van der Waals surface area contributed by atoms with E-state index >= 15 is 0 Å². The number of aromatic nitrogens is 2. The number of nitrogens with zero attached hydrogens (tertiary/aromatic N) is 3. The van der Waals surface area contributed by atoms with Crippen LogP contribution in [-0.4, -0.2) is 46.8 Å². The van der Waals surface area contributed by atoms with Crippen molar-refractivity contribution in [3.8, 4) is 11.4 Å². The predicted molar refractivity (Wildman–Crippen MR) is 144 cm³/mol. The zero-order valence-corrected chi connectivity index (χ0v) is 22.2. The van der Waals surface area contributed by atoms with Gasteiger partial charge in [0.05, 0.1) is 23.5 Å². The molecule has 0 atom stereocenters. The van der Waals surface area contributed by atoms with Gasteiger partial charge in [-0.05, 0) is 30.7 Å². The first-order valence-electron chi connectivity index (χ1n) is 12.0. The van der Waals surface area contributed by atoms with Crippen LogP contribution in [0.1, 0.15) is 46.2 Å². The van der Waals surface area contributed by atoms with E-state index in [1.165, 1.54) is 4.90 Å². The van der Waals surface area contributed by atoms with E-state index in [1.807, 2.05) is 52.0 Å². The maximum absolute atomic E-state index is 13.1. The second-order valence-corrected chi connectivity index (χ2v) is 9.92. The molecule has 0 radical (unpaired) electrons. The first-order valence-corrected chi connectivity index (χ1v) is 12.4. The second-order valence-electron chi connectivity index (χ2n) is 9.51. The van der Waals surface area contributed by atoms with E-state index in [2.05, 4.69) is 10.6 Å². The van der Waals surface area contributed by atoms with E-state index in [9.17, 15) is 9.59 Å². The van der Waals surface area contributed by atoms with Crippen LogP contribution in [0.15, 0.2) is 54.6 Å². The lowest BCUT2D eigenvalue weighted by Gasteiger charge is -2.22. The Balaban J connectivity index is 1.81. The number of ether oxygens (including phenoxy) is 1.